The molecule has 19 heavy (non-hydrogen) atoms. The van der Waals surface area contributed by atoms with Gasteiger partial charge in [0, 0.05) is 26.6 Å². The molecule has 0 unspecified atom stereocenters. The quantitative estimate of drug-likeness (QED) is 0.886. The van der Waals surface area contributed by atoms with Gasteiger partial charge in [-0.15, -0.1) is 0 Å². The third kappa shape index (κ3) is 3.55. The lowest BCUT2D eigenvalue weighted by Gasteiger charge is -2.15. The molecule has 2 rings (SSSR count). The number of hydrogen-bond acceptors (Lipinski definition) is 3. The van der Waals surface area contributed by atoms with Crippen molar-refractivity contribution in [1.29, 1.82) is 0 Å². The van der Waals surface area contributed by atoms with Gasteiger partial charge in [-0.1, -0.05) is 29.8 Å². The minimum absolute atomic E-state index is 0.0826. The van der Waals surface area contributed by atoms with Gasteiger partial charge in [0.1, 0.15) is 6.10 Å². The summed E-state index contributed by atoms with van der Waals surface area (Å²) in [5, 5.41) is 9.71. The van der Waals surface area contributed by atoms with Crippen LogP contribution in [0.15, 0.2) is 24.3 Å². The van der Waals surface area contributed by atoms with Crippen molar-refractivity contribution in [2.45, 2.75) is 32.0 Å². The third-order valence-electron chi connectivity index (χ3n) is 3.64. The lowest BCUT2D eigenvalue weighted by Crippen LogP contribution is -2.30. The number of amides is 1. The number of carbonyl (C=O) groups is 1. The summed E-state index contributed by atoms with van der Waals surface area (Å²) in [6, 6.07) is 8.22. The molecule has 0 aliphatic carbocycles. The summed E-state index contributed by atoms with van der Waals surface area (Å²) in [5.74, 6) is 0.0826. The Labute approximate surface area is 114 Å². The van der Waals surface area contributed by atoms with Crippen molar-refractivity contribution < 1.29 is 14.6 Å². The van der Waals surface area contributed by atoms with E-state index in [1.807, 2.05) is 6.92 Å². The highest BCUT2D eigenvalue weighted by atomic mass is 16.5. The monoisotopic (exact) mass is 263 g/mol. The molecule has 1 fully saturated rings. The average Bonchev–Trinajstić information content (AvgIpc) is 2.79. The zero-order valence-electron chi connectivity index (χ0n) is 11.5. The number of benzene rings is 1. The number of nitrogens with zero attached hydrogens (tertiary/aromatic N) is 1. The number of β-amino-alcohol motifs (C(OH)–C–C–N with tert-alkyl or cyclic N) is 1. The molecule has 1 aromatic rings. The maximum Gasteiger partial charge on any atom is 0.223 e. The third-order valence-corrected chi connectivity index (χ3v) is 3.64. The summed E-state index contributed by atoms with van der Waals surface area (Å²) < 4.78 is 5.14. The molecule has 1 aliphatic heterocycles. The largest absolute Gasteiger partial charge is 0.388 e. The number of ether oxygens (including phenoxy) is 1. The molecule has 4 heteroatoms. The fourth-order valence-electron chi connectivity index (χ4n) is 2.36. The Bertz CT molecular complexity index is 430. The Balaban J connectivity index is 1.83. The van der Waals surface area contributed by atoms with Crippen molar-refractivity contribution in [3.63, 3.8) is 0 Å². The van der Waals surface area contributed by atoms with Crippen molar-refractivity contribution in [3.05, 3.63) is 35.4 Å². The van der Waals surface area contributed by atoms with E-state index < -0.39 is 6.10 Å². The van der Waals surface area contributed by atoms with Gasteiger partial charge in [0.25, 0.3) is 0 Å². The van der Waals surface area contributed by atoms with Crippen LogP contribution in [0, 0.1) is 6.92 Å². The molecule has 0 saturated carbocycles. The van der Waals surface area contributed by atoms with E-state index in [-0.39, 0.29) is 12.0 Å². The normalized spacial score (nSPS) is 22.8. The zero-order valence-corrected chi connectivity index (χ0v) is 11.5. The minimum Gasteiger partial charge on any atom is -0.388 e. The fourth-order valence-corrected chi connectivity index (χ4v) is 2.36. The number of rotatable bonds is 4. The number of likely N-dealkylation sites (tertiary alicyclic amines) is 1. The Hall–Kier alpha value is -1.39. The number of hydrogen-bond donors (Lipinski definition) is 1. The summed E-state index contributed by atoms with van der Waals surface area (Å²) in [4.78, 5) is 13.7. The van der Waals surface area contributed by atoms with Gasteiger partial charge in [-0.3, -0.25) is 4.79 Å². The van der Waals surface area contributed by atoms with E-state index in [0.29, 0.717) is 19.5 Å². The van der Waals surface area contributed by atoms with Crippen molar-refractivity contribution in [2.75, 3.05) is 20.2 Å². The molecule has 4 nitrogen and oxygen atoms in total. The van der Waals surface area contributed by atoms with Gasteiger partial charge < -0.3 is 14.7 Å². The van der Waals surface area contributed by atoms with Gasteiger partial charge in [-0.25, -0.2) is 0 Å². The Morgan fingerprint density at radius 1 is 1.37 bits per heavy atom. The number of methoxy groups -OCH3 is 1. The molecule has 1 aliphatic rings. The predicted molar refractivity (Wildman–Crippen MR) is 72.9 cm³/mol. The van der Waals surface area contributed by atoms with Crippen LogP contribution in [0.4, 0.5) is 0 Å². The number of aryl methyl sites for hydroxylation is 2. The van der Waals surface area contributed by atoms with E-state index in [2.05, 4.69) is 24.3 Å². The summed E-state index contributed by atoms with van der Waals surface area (Å²) >= 11 is 0. The van der Waals surface area contributed by atoms with Crippen LogP contribution in [0.5, 0.6) is 0 Å². The summed E-state index contributed by atoms with van der Waals surface area (Å²) in [6.45, 7) is 2.92. The average molecular weight is 263 g/mol. The summed E-state index contributed by atoms with van der Waals surface area (Å²) in [7, 11) is 1.56. The van der Waals surface area contributed by atoms with Gasteiger partial charge in [0.2, 0.25) is 5.91 Å². The fraction of sp³-hybridized carbons (Fsp3) is 0.533. The second kappa shape index (κ2) is 6.17. The van der Waals surface area contributed by atoms with E-state index in [4.69, 9.17) is 4.74 Å². The standard InChI is InChI=1S/C15H21NO3/c1-11-3-5-12(6-4-11)7-8-15(18)16-9-13(17)14(10-16)19-2/h3-6,13-14,17H,7-10H2,1-2H3/t13-,14-/m0/s1. The molecule has 0 spiro atoms. The zero-order chi connectivity index (χ0) is 13.8. The second-order valence-corrected chi connectivity index (χ2v) is 5.13. The minimum atomic E-state index is -0.562. The van der Waals surface area contributed by atoms with E-state index in [1.165, 1.54) is 11.1 Å². The van der Waals surface area contributed by atoms with Crippen molar-refractivity contribution in [3.8, 4) is 0 Å². The van der Waals surface area contributed by atoms with Gasteiger partial charge in [-0.2, -0.15) is 0 Å². The van der Waals surface area contributed by atoms with E-state index >= 15 is 0 Å². The topological polar surface area (TPSA) is 49.8 Å². The highest BCUT2D eigenvalue weighted by molar-refractivity contribution is 5.76. The number of aliphatic hydroxyl groups is 1. The van der Waals surface area contributed by atoms with E-state index in [9.17, 15) is 9.90 Å². The van der Waals surface area contributed by atoms with Crippen molar-refractivity contribution >= 4 is 5.91 Å². The first-order valence-corrected chi connectivity index (χ1v) is 6.64. The predicted octanol–water partition coefficient (Wildman–Crippen LogP) is 1.15. The van der Waals surface area contributed by atoms with Gasteiger partial charge >= 0.3 is 0 Å². The van der Waals surface area contributed by atoms with Crippen molar-refractivity contribution in [1.82, 2.24) is 4.90 Å². The maximum atomic E-state index is 12.1. The van der Waals surface area contributed by atoms with E-state index in [0.717, 1.165) is 6.42 Å². The van der Waals surface area contributed by atoms with Crippen LogP contribution < -0.4 is 0 Å². The molecule has 1 heterocycles. The maximum absolute atomic E-state index is 12.1. The first-order valence-electron chi connectivity index (χ1n) is 6.64. The Morgan fingerprint density at radius 2 is 2.05 bits per heavy atom. The van der Waals surface area contributed by atoms with Crippen LogP contribution in [0.3, 0.4) is 0 Å². The molecule has 0 radical (unpaired) electrons. The van der Waals surface area contributed by atoms with Crippen LogP contribution >= 0.6 is 0 Å². The molecule has 0 bridgehead atoms. The Morgan fingerprint density at radius 3 is 2.63 bits per heavy atom. The Kier molecular flexibility index (Phi) is 4.56. The summed E-state index contributed by atoms with van der Waals surface area (Å²) in [5.41, 5.74) is 2.39. The van der Waals surface area contributed by atoms with E-state index in [1.54, 1.807) is 12.0 Å². The summed E-state index contributed by atoms with van der Waals surface area (Å²) in [6.07, 6.45) is 0.409. The van der Waals surface area contributed by atoms with Gasteiger partial charge in [0.15, 0.2) is 0 Å². The van der Waals surface area contributed by atoms with Crippen LogP contribution in [0.2, 0.25) is 0 Å². The van der Waals surface area contributed by atoms with Crippen LogP contribution in [0.25, 0.3) is 0 Å². The molecular weight excluding hydrogens is 242 g/mol. The highest BCUT2D eigenvalue weighted by Gasteiger charge is 2.33. The first-order chi connectivity index (χ1) is 9.10. The molecule has 0 aromatic heterocycles. The molecule has 2 atom stereocenters. The van der Waals surface area contributed by atoms with Crippen LogP contribution in [0.1, 0.15) is 17.5 Å². The number of carbonyl (C=O) groups excluding carboxylic acids is 1. The van der Waals surface area contributed by atoms with Gasteiger partial charge in [-0.05, 0) is 18.9 Å². The molecule has 1 aromatic carbocycles. The molecule has 1 saturated heterocycles. The molecule has 104 valence electrons. The smallest absolute Gasteiger partial charge is 0.223 e. The van der Waals surface area contributed by atoms with Crippen molar-refractivity contribution in [2.24, 2.45) is 0 Å². The van der Waals surface area contributed by atoms with Crippen LogP contribution in [-0.2, 0) is 16.0 Å². The highest BCUT2D eigenvalue weighted by Crippen LogP contribution is 2.15. The van der Waals surface area contributed by atoms with Gasteiger partial charge in [0.05, 0.1) is 6.10 Å². The SMILES string of the molecule is CO[C@H]1CN(C(=O)CCc2ccc(C)cc2)C[C@@H]1O. The molecule has 1 amide bonds. The molecular formula is C15H21NO3. The second-order valence-electron chi connectivity index (χ2n) is 5.13. The van der Waals surface area contributed by atoms with Crippen LogP contribution in [-0.4, -0.2) is 48.3 Å². The number of aliphatic hydroxyl groups excluding tert-OH is 1. The lowest BCUT2D eigenvalue weighted by atomic mass is 10.1. The first kappa shape index (κ1) is 14.0. The lowest BCUT2D eigenvalue weighted by molar-refractivity contribution is -0.130. The molecule has 1 N–H and O–H groups in total.